The number of anilines is 2. The van der Waals surface area contributed by atoms with E-state index in [1.54, 1.807) is 12.3 Å². The molecule has 1 amide bonds. The summed E-state index contributed by atoms with van der Waals surface area (Å²) in [5.74, 6) is -0.305. The molecule has 0 aliphatic carbocycles. The lowest BCUT2D eigenvalue weighted by molar-refractivity contribution is -0.126. The average Bonchev–Trinajstić information content (AvgIpc) is 3.06. The zero-order valence-corrected chi connectivity index (χ0v) is 25.1. The van der Waals surface area contributed by atoms with Gasteiger partial charge in [0.15, 0.2) is 0 Å². The molecule has 8 nitrogen and oxygen atoms in total. The van der Waals surface area contributed by atoms with E-state index >= 15 is 0 Å². The first-order valence-corrected chi connectivity index (χ1v) is 14.9. The number of ether oxygens (including phenoxy) is 1. The number of carbonyl (C=O) groups is 1. The Morgan fingerprint density at radius 2 is 1.98 bits per heavy atom. The van der Waals surface area contributed by atoms with Crippen molar-refractivity contribution >= 4 is 28.3 Å². The fourth-order valence-electron chi connectivity index (χ4n) is 5.32. The van der Waals surface area contributed by atoms with Gasteiger partial charge in [-0.25, -0.2) is 13.5 Å². The molecule has 3 atom stereocenters. The number of carbonyl (C=O) groups excluding carboxylic acids is 1. The number of benzene rings is 2. The maximum absolute atomic E-state index is 13.7. The Bertz CT molecular complexity index is 1420. The Balaban J connectivity index is 1.79. The highest BCUT2D eigenvalue weighted by Gasteiger charge is 2.39. The highest BCUT2D eigenvalue weighted by molar-refractivity contribution is 7.82. The van der Waals surface area contributed by atoms with Crippen molar-refractivity contribution in [2.75, 3.05) is 24.1 Å². The first-order chi connectivity index (χ1) is 19.0. The molecule has 0 bridgehead atoms. The Morgan fingerprint density at radius 1 is 1.23 bits per heavy atom. The number of amides is 1. The van der Waals surface area contributed by atoms with E-state index in [9.17, 15) is 9.00 Å². The minimum absolute atomic E-state index is 0.133. The summed E-state index contributed by atoms with van der Waals surface area (Å²) >= 11 is 0. The molecule has 214 valence electrons. The Morgan fingerprint density at radius 3 is 2.65 bits per heavy atom. The second-order valence-corrected chi connectivity index (χ2v) is 12.5. The van der Waals surface area contributed by atoms with Crippen LogP contribution < -0.4 is 21.5 Å². The lowest BCUT2D eigenvalue weighted by atomic mass is 9.69. The third-order valence-corrected chi connectivity index (χ3v) is 9.38. The predicted molar refractivity (Wildman–Crippen MR) is 162 cm³/mol. The fourth-order valence-corrected chi connectivity index (χ4v) is 6.60. The van der Waals surface area contributed by atoms with Crippen LogP contribution in [0.15, 0.2) is 53.6 Å². The van der Waals surface area contributed by atoms with Crippen molar-refractivity contribution in [3.05, 3.63) is 76.5 Å². The average molecular weight is 564 g/mol. The van der Waals surface area contributed by atoms with Gasteiger partial charge in [-0.15, -0.1) is 0 Å². The summed E-state index contributed by atoms with van der Waals surface area (Å²) < 4.78 is 21.7. The molecule has 2 unspecified atom stereocenters. The highest BCUT2D eigenvalue weighted by Crippen LogP contribution is 2.44. The van der Waals surface area contributed by atoms with E-state index in [0.717, 1.165) is 46.5 Å². The van der Waals surface area contributed by atoms with E-state index in [4.69, 9.17) is 16.2 Å². The Hall–Kier alpha value is -3.43. The minimum Gasteiger partial charge on any atom is -0.472 e. The van der Waals surface area contributed by atoms with Gasteiger partial charge in [0.2, 0.25) is 11.8 Å². The summed E-state index contributed by atoms with van der Waals surface area (Å²) in [6.45, 7) is 13.6. The van der Waals surface area contributed by atoms with E-state index < -0.39 is 22.3 Å². The van der Waals surface area contributed by atoms with E-state index in [0.29, 0.717) is 29.6 Å². The third-order valence-electron chi connectivity index (χ3n) is 7.94. The SMILES string of the molecule is CCNc1ccc(C(c2ccc(C)c(CN3C[C@@H](CC)Oc4ncccc4S3=O)c2)C(C)(C)C(N)=O)c(C)c1N. The zero-order chi connectivity index (χ0) is 29.2. The van der Waals surface area contributed by atoms with Gasteiger partial charge < -0.3 is 21.5 Å². The number of hydrogen-bond donors (Lipinski definition) is 3. The normalized spacial score (nSPS) is 18.4. The maximum atomic E-state index is 13.7. The summed E-state index contributed by atoms with van der Waals surface area (Å²) in [7, 11) is -1.44. The molecule has 2 aromatic carbocycles. The third kappa shape index (κ3) is 5.71. The van der Waals surface area contributed by atoms with Crippen molar-refractivity contribution < 1.29 is 13.7 Å². The molecule has 0 saturated carbocycles. The van der Waals surface area contributed by atoms with Gasteiger partial charge in [-0.2, -0.15) is 0 Å². The smallest absolute Gasteiger partial charge is 0.231 e. The van der Waals surface area contributed by atoms with Crippen LogP contribution in [-0.2, 0) is 22.3 Å². The molecular weight excluding hydrogens is 522 g/mol. The molecule has 2 heterocycles. The number of rotatable bonds is 9. The van der Waals surface area contributed by atoms with Gasteiger partial charge in [-0.3, -0.25) is 4.79 Å². The number of aromatic nitrogens is 1. The molecule has 0 saturated heterocycles. The molecule has 9 heteroatoms. The Labute approximate surface area is 240 Å². The van der Waals surface area contributed by atoms with Crippen molar-refractivity contribution in [3.63, 3.8) is 0 Å². The summed E-state index contributed by atoms with van der Waals surface area (Å²) in [6, 6.07) is 13.8. The topological polar surface area (TPSA) is 124 Å². The van der Waals surface area contributed by atoms with Gasteiger partial charge in [-0.05, 0) is 73.2 Å². The molecule has 1 aliphatic rings. The van der Waals surface area contributed by atoms with Crippen LogP contribution in [0.2, 0.25) is 0 Å². The summed E-state index contributed by atoms with van der Waals surface area (Å²) in [4.78, 5) is 17.7. The number of nitrogen functional groups attached to an aromatic ring is 1. The number of primary amides is 1. The molecule has 0 radical (unpaired) electrons. The number of nitrogens with one attached hydrogen (secondary N) is 1. The number of pyridine rings is 1. The molecule has 5 N–H and O–H groups in total. The van der Waals surface area contributed by atoms with Crippen molar-refractivity contribution in [2.24, 2.45) is 11.1 Å². The van der Waals surface area contributed by atoms with Crippen LogP contribution in [0, 0.1) is 19.3 Å². The summed E-state index contributed by atoms with van der Waals surface area (Å²) in [6.07, 6.45) is 2.29. The second kappa shape index (κ2) is 12.0. The lowest BCUT2D eigenvalue weighted by Crippen LogP contribution is -2.38. The molecule has 1 aromatic heterocycles. The number of fused-ring (bicyclic) bond motifs is 1. The van der Waals surface area contributed by atoms with Gasteiger partial charge >= 0.3 is 0 Å². The van der Waals surface area contributed by atoms with E-state index in [2.05, 4.69) is 35.4 Å². The largest absolute Gasteiger partial charge is 0.472 e. The van der Waals surface area contributed by atoms with Crippen LogP contribution in [0.1, 0.15) is 67.9 Å². The minimum atomic E-state index is -1.44. The van der Waals surface area contributed by atoms with Crippen LogP contribution >= 0.6 is 0 Å². The van der Waals surface area contributed by atoms with Crippen molar-refractivity contribution in [1.29, 1.82) is 0 Å². The van der Waals surface area contributed by atoms with Crippen molar-refractivity contribution in [2.45, 2.75) is 71.4 Å². The van der Waals surface area contributed by atoms with Crippen LogP contribution in [0.5, 0.6) is 5.88 Å². The van der Waals surface area contributed by atoms with E-state index in [1.807, 2.05) is 57.1 Å². The molecule has 4 rings (SSSR count). The van der Waals surface area contributed by atoms with Gasteiger partial charge in [-0.1, -0.05) is 45.0 Å². The van der Waals surface area contributed by atoms with Gasteiger partial charge in [0, 0.05) is 31.7 Å². The van der Waals surface area contributed by atoms with Crippen molar-refractivity contribution in [1.82, 2.24) is 9.29 Å². The Kier molecular flexibility index (Phi) is 8.85. The molecular formula is C31H41N5O3S. The standard InChI is InChI=1S/C31H41N5O3S/c1-7-23-18-36(40(38)26-10-9-15-35-29(26)39-23)17-22-16-21(12-11-19(22)3)27(31(5,6)30(33)37)24-13-14-25(34-8-2)28(32)20(24)4/h9-16,23,27,34H,7-8,17-18,32H2,1-6H3,(H2,33,37)/t23-,27?,40?/m1/s1. The highest BCUT2D eigenvalue weighted by atomic mass is 32.2. The summed E-state index contributed by atoms with van der Waals surface area (Å²) in [5.41, 5.74) is 18.1. The van der Waals surface area contributed by atoms with Crippen LogP contribution in [-0.4, -0.2) is 38.6 Å². The van der Waals surface area contributed by atoms with Gasteiger partial charge in [0.25, 0.3) is 0 Å². The zero-order valence-electron chi connectivity index (χ0n) is 24.3. The van der Waals surface area contributed by atoms with Crippen molar-refractivity contribution in [3.8, 4) is 5.88 Å². The van der Waals surface area contributed by atoms with Crippen LogP contribution in [0.25, 0.3) is 0 Å². The molecule has 40 heavy (non-hydrogen) atoms. The monoisotopic (exact) mass is 563 g/mol. The fraction of sp³-hybridized carbons (Fsp3) is 0.419. The molecule has 1 aliphatic heterocycles. The van der Waals surface area contributed by atoms with E-state index in [1.165, 1.54) is 0 Å². The molecule has 0 fully saturated rings. The first kappa shape index (κ1) is 29.6. The quantitative estimate of drug-likeness (QED) is 0.313. The van der Waals surface area contributed by atoms with E-state index in [-0.39, 0.29) is 12.0 Å². The number of hydrogen-bond acceptors (Lipinski definition) is 6. The maximum Gasteiger partial charge on any atom is 0.231 e. The second-order valence-electron chi connectivity index (χ2n) is 11.0. The first-order valence-electron chi connectivity index (χ1n) is 13.8. The lowest BCUT2D eigenvalue weighted by Gasteiger charge is -2.34. The predicted octanol–water partition coefficient (Wildman–Crippen LogP) is 5.05. The number of aryl methyl sites for hydroxylation is 1. The molecule has 0 spiro atoms. The van der Waals surface area contributed by atoms with Crippen LogP contribution in [0.3, 0.4) is 0 Å². The number of nitrogens with two attached hydrogens (primary N) is 2. The molecule has 3 aromatic rings. The van der Waals surface area contributed by atoms with Gasteiger partial charge in [0.05, 0.1) is 16.8 Å². The van der Waals surface area contributed by atoms with Gasteiger partial charge in [0.1, 0.15) is 22.0 Å². The van der Waals surface area contributed by atoms with Crippen LogP contribution in [0.4, 0.5) is 11.4 Å². The summed E-state index contributed by atoms with van der Waals surface area (Å²) in [5, 5.41) is 3.31. The number of nitrogens with zero attached hydrogens (tertiary/aromatic N) is 2.